The Morgan fingerprint density at radius 1 is 1.43 bits per heavy atom. The van der Waals surface area contributed by atoms with Crippen LogP contribution in [0.25, 0.3) is 0 Å². The number of fused-ring (bicyclic) bond motifs is 1. The zero-order valence-electron chi connectivity index (χ0n) is 13.8. The van der Waals surface area contributed by atoms with Crippen molar-refractivity contribution in [1.29, 1.82) is 0 Å². The number of ether oxygens (including phenoxy) is 1. The molecule has 5 nitrogen and oxygen atoms in total. The van der Waals surface area contributed by atoms with Gasteiger partial charge in [-0.3, -0.25) is 4.79 Å². The van der Waals surface area contributed by atoms with Gasteiger partial charge in [0.05, 0.1) is 18.1 Å². The van der Waals surface area contributed by atoms with Crippen molar-refractivity contribution in [3.8, 4) is 0 Å². The smallest absolute Gasteiger partial charge is 0.340 e. The van der Waals surface area contributed by atoms with E-state index in [1.807, 2.05) is 4.90 Å². The van der Waals surface area contributed by atoms with Gasteiger partial charge in [0, 0.05) is 25.8 Å². The lowest BCUT2D eigenvalue weighted by atomic mass is 9.75. The van der Waals surface area contributed by atoms with Gasteiger partial charge in [0.25, 0.3) is 0 Å². The van der Waals surface area contributed by atoms with Crippen LogP contribution in [0.2, 0.25) is 0 Å². The molecule has 4 atom stereocenters. The quantitative estimate of drug-likeness (QED) is 0.600. The Kier molecular flexibility index (Phi) is 5.57. The predicted molar refractivity (Wildman–Crippen MR) is 83.4 cm³/mol. The summed E-state index contributed by atoms with van der Waals surface area (Å²) in [6, 6.07) is -0.359. The van der Waals surface area contributed by atoms with Crippen molar-refractivity contribution in [2.75, 3.05) is 13.7 Å². The van der Waals surface area contributed by atoms with E-state index in [9.17, 15) is 19.1 Å². The third-order valence-electron chi connectivity index (χ3n) is 4.74. The summed E-state index contributed by atoms with van der Waals surface area (Å²) >= 11 is 0. The minimum absolute atomic E-state index is 0.281. The van der Waals surface area contributed by atoms with Crippen molar-refractivity contribution in [3.63, 3.8) is 0 Å². The number of ketones is 1. The summed E-state index contributed by atoms with van der Waals surface area (Å²) < 4.78 is 19.6. The summed E-state index contributed by atoms with van der Waals surface area (Å²) in [4.78, 5) is 25.7. The number of hydrogen-bond acceptors (Lipinski definition) is 4. The van der Waals surface area contributed by atoms with Gasteiger partial charge in [-0.25, -0.2) is 9.18 Å². The Bertz CT molecular complexity index is 543. The van der Waals surface area contributed by atoms with Crippen molar-refractivity contribution in [2.24, 2.45) is 11.8 Å². The Labute approximate surface area is 135 Å². The van der Waals surface area contributed by atoms with E-state index in [0.717, 1.165) is 19.3 Å². The average Bonchev–Trinajstić information content (AvgIpc) is 2.51. The van der Waals surface area contributed by atoms with E-state index >= 15 is 0 Å². The monoisotopic (exact) mass is 325 g/mol. The maximum atomic E-state index is 14.2. The second-order valence-corrected chi connectivity index (χ2v) is 6.21. The highest BCUT2D eigenvalue weighted by Crippen LogP contribution is 2.38. The number of Topliss-reactive ketones (excluding diaryl/α,β-unsaturated/α-hetero) is 1. The summed E-state index contributed by atoms with van der Waals surface area (Å²) in [5, 5.41) is 9.27. The first-order valence-electron chi connectivity index (χ1n) is 8.07. The Morgan fingerprint density at radius 2 is 2.13 bits per heavy atom. The number of rotatable bonds is 6. The third kappa shape index (κ3) is 3.32. The van der Waals surface area contributed by atoms with Gasteiger partial charge < -0.3 is 14.7 Å². The van der Waals surface area contributed by atoms with E-state index in [2.05, 4.69) is 6.92 Å². The third-order valence-corrected chi connectivity index (χ3v) is 4.74. The highest BCUT2D eigenvalue weighted by atomic mass is 19.1. The molecule has 0 aromatic carbocycles. The molecule has 1 aliphatic carbocycles. The largest absolute Gasteiger partial charge is 0.478 e. The minimum Gasteiger partial charge on any atom is -0.478 e. The predicted octanol–water partition coefficient (Wildman–Crippen LogP) is 2.53. The first-order chi connectivity index (χ1) is 10.9. The molecule has 4 unspecified atom stereocenters. The van der Waals surface area contributed by atoms with Crippen LogP contribution in [0.4, 0.5) is 4.39 Å². The summed E-state index contributed by atoms with van der Waals surface area (Å²) in [6.07, 6.45) is 5.13. The number of carboxylic acid groups (broad SMARTS) is 1. The van der Waals surface area contributed by atoms with Crippen LogP contribution in [0.15, 0.2) is 23.7 Å². The number of aliphatic carboxylic acids is 1. The van der Waals surface area contributed by atoms with Crippen molar-refractivity contribution in [2.45, 2.75) is 45.3 Å². The molecule has 0 saturated heterocycles. The molecule has 0 amide bonds. The summed E-state index contributed by atoms with van der Waals surface area (Å²) in [6.45, 7) is 4.43. The number of carboxylic acids is 1. The molecule has 2 rings (SSSR count). The molecular formula is C17H24FNO4. The van der Waals surface area contributed by atoms with Crippen LogP contribution < -0.4 is 0 Å². The lowest BCUT2D eigenvalue weighted by Gasteiger charge is -2.46. The van der Waals surface area contributed by atoms with Gasteiger partial charge in [0.2, 0.25) is 0 Å². The van der Waals surface area contributed by atoms with Gasteiger partial charge in [-0.1, -0.05) is 26.7 Å². The van der Waals surface area contributed by atoms with Gasteiger partial charge in [0.1, 0.15) is 11.4 Å². The van der Waals surface area contributed by atoms with Crippen LogP contribution in [0, 0.1) is 11.8 Å². The second-order valence-electron chi connectivity index (χ2n) is 6.21. The number of halogens is 1. The molecule has 0 radical (unpaired) electrons. The number of carbonyl (C=O) groups is 2. The second kappa shape index (κ2) is 7.25. The van der Waals surface area contributed by atoms with Gasteiger partial charge in [0.15, 0.2) is 5.78 Å². The van der Waals surface area contributed by atoms with E-state index in [4.69, 9.17) is 4.74 Å². The fourth-order valence-corrected chi connectivity index (χ4v) is 3.46. The molecule has 6 heteroatoms. The highest BCUT2D eigenvalue weighted by Gasteiger charge is 2.48. The first kappa shape index (κ1) is 17.7. The molecule has 128 valence electrons. The van der Waals surface area contributed by atoms with Crippen molar-refractivity contribution in [3.05, 3.63) is 23.7 Å². The van der Waals surface area contributed by atoms with Gasteiger partial charge in [-0.15, -0.1) is 0 Å². The van der Waals surface area contributed by atoms with Crippen molar-refractivity contribution in [1.82, 2.24) is 4.90 Å². The lowest BCUT2D eigenvalue weighted by molar-refractivity contribution is -0.137. The van der Waals surface area contributed by atoms with Crippen molar-refractivity contribution >= 4 is 11.8 Å². The molecule has 0 aromatic rings. The van der Waals surface area contributed by atoms with Crippen LogP contribution in [-0.2, 0) is 14.3 Å². The Morgan fingerprint density at radius 3 is 2.70 bits per heavy atom. The zero-order chi connectivity index (χ0) is 17.1. The maximum absolute atomic E-state index is 14.2. The van der Waals surface area contributed by atoms with Crippen LogP contribution in [0.3, 0.4) is 0 Å². The van der Waals surface area contributed by atoms with Gasteiger partial charge in [-0.05, 0) is 12.5 Å². The van der Waals surface area contributed by atoms with Crippen LogP contribution in [0.1, 0.15) is 33.1 Å². The van der Waals surface area contributed by atoms with Crippen LogP contribution in [-0.4, -0.2) is 47.6 Å². The van der Waals surface area contributed by atoms with E-state index in [1.54, 1.807) is 6.92 Å². The summed E-state index contributed by atoms with van der Waals surface area (Å²) in [5.74, 6) is -3.49. The fraction of sp³-hybridized carbons (Fsp3) is 0.647. The van der Waals surface area contributed by atoms with E-state index in [-0.39, 0.29) is 11.6 Å². The van der Waals surface area contributed by atoms with Crippen LogP contribution >= 0.6 is 0 Å². The number of unbranched alkanes of at least 4 members (excludes halogenated alkanes) is 2. The maximum Gasteiger partial charge on any atom is 0.340 e. The molecule has 1 aliphatic heterocycles. The Hall–Kier alpha value is -1.69. The molecule has 0 fully saturated rings. The molecule has 0 bridgehead atoms. The normalized spacial score (nSPS) is 30.6. The molecule has 0 aromatic heterocycles. The number of hydrogen-bond donors (Lipinski definition) is 1. The fourth-order valence-electron chi connectivity index (χ4n) is 3.46. The van der Waals surface area contributed by atoms with Gasteiger partial charge >= 0.3 is 5.97 Å². The van der Waals surface area contributed by atoms with Crippen molar-refractivity contribution < 1.29 is 23.8 Å². The zero-order valence-corrected chi connectivity index (χ0v) is 13.8. The molecule has 23 heavy (non-hydrogen) atoms. The minimum atomic E-state index is -1.27. The SMILES string of the molecule is CCCCCN1C=C(C(=O)O)C(=O)C2C=C(F)C(C)C(OC)C21. The lowest BCUT2D eigenvalue weighted by Crippen LogP contribution is -2.56. The summed E-state index contributed by atoms with van der Waals surface area (Å²) in [7, 11) is 1.50. The molecular weight excluding hydrogens is 301 g/mol. The highest BCUT2D eigenvalue weighted by molar-refractivity contribution is 6.18. The average molecular weight is 325 g/mol. The molecule has 1 heterocycles. The molecule has 2 aliphatic rings. The Balaban J connectivity index is 2.41. The number of methoxy groups -OCH3 is 1. The molecule has 0 saturated carbocycles. The first-order valence-corrected chi connectivity index (χ1v) is 8.07. The van der Waals surface area contributed by atoms with E-state index in [1.165, 1.54) is 19.4 Å². The molecule has 1 N–H and O–H groups in total. The van der Waals surface area contributed by atoms with Gasteiger partial charge in [-0.2, -0.15) is 0 Å². The van der Waals surface area contributed by atoms with Crippen LogP contribution in [0.5, 0.6) is 0 Å². The summed E-state index contributed by atoms with van der Waals surface area (Å²) in [5.41, 5.74) is -0.281. The molecule has 0 spiro atoms. The van der Waals surface area contributed by atoms with E-state index in [0.29, 0.717) is 6.54 Å². The topological polar surface area (TPSA) is 66.8 Å². The number of nitrogens with zero attached hydrogens (tertiary/aromatic N) is 1. The van der Waals surface area contributed by atoms with E-state index < -0.39 is 35.5 Å². The standard InChI is InChI=1S/C17H24FNO4/c1-4-5-6-7-19-9-12(17(21)22)15(20)11-8-13(18)10(2)16(23-3)14(11)19/h8-11,14,16H,4-7H2,1-3H3,(H,21,22). The number of carbonyl (C=O) groups excluding carboxylic acids is 1.